The molecule has 2 nitrogen and oxygen atoms in total. The van der Waals surface area contributed by atoms with E-state index < -0.39 is 0 Å². The van der Waals surface area contributed by atoms with E-state index in [0.717, 1.165) is 25.4 Å². The van der Waals surface area contributed by atoms with Gasteiger partial charge in [0.05, 0.1) is 0 Å². The predicted octanol–water partition coefficient (Wildman–Crippen LogP) is 3.86. The molecule has 2 N–H and O–H groups in total. The minimum absolute atomic E-state index is 0.111. The summed E-state index contributed by atoms with van der Waals surface area (Å²) in [5.74, 6) is 1.46. The van der Waals surface area contributed by atoms with Gasteiger partial charge in [-0.15, -0.1) is 0 Å². The van der Waals surface area contributed by atoms with E-state index >= 15 is 0 Å². The van der Waals surface area contributed by atoms with Gasteiger partial charge in [0.25, 0.3) is 0 Å². The van der Waals surface area contributed by atoms with Crippen molar-refractivity contribution in [3.63, 3.8) is 0 Å². The maximum atomic E-state index is 6.31. The van der Waals surface area contributed by atoms with E-state index in [0.29, 0.717) is 5.92 Å². The molecule has 2 heteroatoms. The average molecular weight is 276 g/mol. The second-order valence-electron chi connectivity index (χ2n) is 6.89. The Labute approximate surface area is 125 Å². The highest BCUT2D eigenvalue weighted by Gasteiger charge is 2.10. The first-order chi connectivity index (χ1) is 9.38. The van der Waals surface area contributed by atoms with Gasteiger partial charge in [0.1, 0.15) is 0 Å². The summed E-state index contributed by atoms with van der Waals surface area (Å²) < 4.78 is 0. The smallest absolute Gasteiger partial charge is 0.0424 e. The summed E-state index contributed by atoms with van der Waals surface area (Å²) in [5, 5.41) is 0. The van der Waals surface area contributed by atoms with Gasteiger partial charge >= 0.3 is 0 Å². The Morgan fingerprint density at radius 2 is 1.60 bits per heavy atom. The molecule has 0 bridgehead atoms. The molecule has 0 amide bonds. The van der Waals surface area contributed by atoms with Crippen LogP contribution in [-0.2, 0) is 6.42 Å². The van der Waals surface area contributed by atoms with Crippen LogP contribution in [0.1, 0.15) is 51.3 Å². The summed E-state index contributed by atoms with van der Waals surface area (Å²) in [6, 6.07) is 8.95. The van der Waals surface area contributed by atoms with Crippen LogP contribution in [0, 0.1) is 11.8 Å². The van der Waals surface area contributed by atoms with Crippen LogP contribution in [0.5, 0.6) is 0 Å². The normalized spacial score (nSPS) is 13.4. The van der Waals surface area contributed by atoms with Gasteiger partial charge in [0, 0.05) is 12.6 Å². The Bertz CT molecular complexity index is 368. The summed E-state index contributed by atoms with van der Waals surface area (Å²) in [6.45, 7) is 11.1. The third-order valence-electron chi connectivity index (χ3n) is 3.65. The van der Waals surface area contributed by atoms with Crippen molar-refractivity contribution in [2.24, 2.45) is 17.6 Å². The highest BCUT2D eigenvalue weighted by molar-refractivity contribution is 5.25. The van der Waals surface area contributed by atoms with E-state index in [2.05, 4.69) is 63.9 Å². The van der Waals surface area contributed by atoms with Gasteiger partial charge in [-0.2, -0.15) is 0 Å². The second kappa shape index (κ2) is 8.43. The summed E-state index contributed by atoms with van der Waals surface area (Å²) in [5.41, 5.74) is 8.96. The van der Waals surface area contributed by atoms with Crippen LogP contribution in [0.15, 0.2) is 24.3 Å². The van der Waals surface area contributed by atoms with E-state index in [1.54, 1.807) is 0 Å². The molecule has 1 aromatic rings. The molecule has 1 atom stereocenters. The van der Waals surface area contributed by atoms with E-state index in [9.17, 15) is 0 Å². The van der Waals surface area contributed by atoms with Crippen molar-refractivity contribution in [1.82, 2.24) is 4.90 Å². The van der Waals surface area contributed by atoms with Crippen molar-refractivity contribution < 1.29 is 0 Å². The Kier molecular flexibility index (Phi) is 7.25. The molecule has 0 spiro atoms. The Morgan fingerprint density at radius 1 is 1.00 bits per heavy atom. The minimum Gasteiger partial charge on any atom is -0.323 e. The van der Waals surface area contributed by atoms with Crippen molar-refractivity contribution >= 4 is 0 Å². The van der Waals surface area contributed by atoms with Crippen LogP contribution in [0.4, 0.5) is 0 Å². The molecule has 0 aromatic heterocycles. The monoisotopic (exact) mass is 276 g/mol. The van der Waals surface area contributed by atoms with Crippen LogP contribution in [0.2, 0.25) is 0 Å². The maximum absolute atomic E-state index is 6.31. The maximum Gasteiger partial charge on any atom is 0.0424 e. The molecular weight excluding hydrogens is 244 g/mol. The molecule has 20 heavy (non-hydrogen) atoms. The van der Waals surface area contributed by atoms with Crippen LogP contribution in [0.3, 0.4) is 0 Å². The average Bonchev–Trinajstić information content (AvgIpc) is 2.36. The highest BCUT2D eigenvalue weighted by atomic mass is 15.1. The lowest BCUT2D eigenvalue weighted by atomic mass is 9.99. The lowest BCUT2D eigenvalue weighted by Gasteiger charge is -2.22. The number of hydrogen-bond donors (Lipinski definition) is 1. The van der Waals surface area contributed by atoms with Crippen LogP contribution < -0.4 is 5.73 Å². The number of rotatable bonds is 8. The summed E-state index contributed by atoms with van der Waals surface area (Å²) in [7, 11) is 2.16. The molecule has 114 valence electrons. The van der Waals surface area contributed by atoms with Crippen molar-refractivity contribution in [3.05, 3.63) is 35.4 Å². The highest BCUT2D eigenvalue weighted by Crippen LogP contribution is 2.15. The first kappa shape index (κ1) is 17.2. The Hall–Kier alpha value is -0.860. The zero-order valence-electron chi connectivity index (χ0n) is 13.9. The number of likely N-dealkylation sites (N-methyl/N-ethyl adjacent to an activating group) is 1. The van der Waals surface area contributed by atoms with Crippen molar-refractivity contribution in [1.29, 1.82) is 0 Å². The van der Waals surface area contributed by atoms with Crippen molar-refractivity contribution in [3.8, 4) is 0 Å². The minimum atomic E-state index is 0.111. The standard InChI is InChI=1S/C18H32N2/c1-14(2)10-11-20(5)13-18(19)17-8-6-16(7-9-17)12-15(3)4/h6-9,14-15,18H,10-13,19H2,1-5H3. The molecule has 0 radical (unpaired) electrons. The predicted molar refractivity (Wildman–Crippen MR) is 88.9 cm³/mol. The summed E-state index contributed by atoms with van der Waals surface area (Å²) in [4.78, 5) is 2.34. The molecule has 0 aliphatic carbocycles. The lowest BCUT2D eigenvalue weighted by Crippen LogP contribution is -2.30. The number of nitrogens with two attached hydrogens (primary N) is 1. The van der Waals surface area contributed by atoms with Gasteiger partial charge in [-0.05, 0) is 49.4 Å². The molecule has 0 fully saturated rings. The number of hydrogen-bond acceptors (Lipinski definition) is 2. The van der Waals surface area contributed by atoms with Gasteiger partial charge in [-0.3, -0.25) is 0 Å². The lowest BCUT2D eigenvalue weighted by molar-refractivity contribution is 0.293. The van der Waals surface area contributed by atoms with E-state index in [1.165, 1.54) is 17.5 Å². The first-order valence-electron chi connectivity index (χ1n) is 7.91. The van der Waals surface area contributed by atoms with Gasteiger partial charge in [-0.25, -0.2) is 0 Å². The summed E-state index contributed by atoms with van der Waals surface area (Å²) >= 11 is 0. The molecular formula is C18H32N2. The third-order valence-corrected chi connectivity index (χ3v) is 3.65. The van der Waals surface area contributed by atoms with E-state index in [-0.39, 0.29) is 6.04 Å². The largest absolute Gasteiger partial charge is 0.323 e. The Balaban J connectivity index is 2.48. The molecule has 0 saturated heterocycles. The molecule has 0 saturated carbocycles. The number of nitrogens with zero attached hydrogens (tertiary/aromatic N) is 1. The van der Waals surface area contributed by atoms with Crippen LogP contribution >= 0.6 is 0 Å². The van der Waals surface area contributed by atoms with Gasteiger partial charge in [0.15, 0.2) is 0 Å². The van der Waals surface area contributed by atoms with Crippen molar-refractivity contribution in [2.45, 2.75) is 46.6 Å². The fourth-order valence-corrected chi connectivity index (χ4v) is 2.38. The fraction of sp³-hybridized carbons (Fsp3) is 0.667. The SMILES string of the molecule is CC(C)CCN(C)CC(N)c1ccc(CC(C)C)cc1. The molecule has 0 heterocycles. The van der Waals surface area contributed by atoms with E-state index in [4.69, 9.17) is 5.73 Å². The van der Waals surface area contributed by atoms with Gasteiger partial charge < -0.3 is 10.6 Å². The quantitative estimate of drug-likeness (QED) is 0.781. The van der Waals surface area contributed by atoms with Gasteiger partial charge in [-0.1, -0.05) is 52.0 Å². The van der Waals surface area contributed by atoms with Crippen molar-refractivity contribution in [2.75, 3.05) is 20.1 Å². The molecule has 1 rings (SSSR count). The van der Waals surface area contributed by atoms with E-state index in [1.807, 2.05) is 0 Å². The van der Waals surface area contributed by atoms with Crippen LogP contribution in [-0.4, -0.2) is 25.0 Å². The fourth-order valence-electron chi connectivity index (χ4n) is 2.38. The second-order valence-corrected chi connectivity index (χ2v) is 6.89. The zero-order valence-corrected chi connectivity index (χ0v) is 13.9. The number of benzene rings is 1. The third kappa shape index (κ3) is 6.53. The van der Waals surface area contributed by atoms with Crippen LogP contribution in [0.25, 0.3) is 0 Å². The molecule has 0 aliphatic heterocycles. The van der Waals surface area contributed by atoms with Gasteiger partial charge in [0.2, 0.25) is 0 Å². The summed E-state index contributed by atoms with van der Waals surface area (Å²) in [6.07, 6.45) is 2.38. The topological polar surface area (TPSA) is 29.3 Å². The molecule has 0 aliphatic rings. The molecule has 1 unspecified atom stereocenters. The zero-order chi connectivity index (χ0) is 15.1. The Morgan fingerprint density at radius 3 is 2.10 bits per heavy atom. The first-order valence-corrected chi connectivity index (χ1v) is 7.91. The molecule has 1 aromatic carbocycles.